The van der Waals surface area contributed by atoms with Crippen LogP contribution in [0.1, 0.15) is 18.4 Å². The molecule has 0 aromatic heterocycles. The third-order valence-electron chi connectivity index (χ3n) is 5.44. The maximum Gasteiger partial charge on any atom is 0.320 e. The van der Waals surface area contributed by atoms with Gasteiger partial charge < -0.3 is 19.4 Å². The number of piperidine rings is 1. The fourth-order valence-electron chi connectivity index (χ4n) is 3.91. The summed E-state index contributed by atoms with van der Waals surface area (Å²) in [5, 5.41) is 0. The molecule has 1 aromatic rings. The van der Waals surface area contributed by atoms with Crippen LogP contribution in [0.3, 0.4) is 0 Å². The van der Waals surface area contributed by atoms with Crippen LogP contribution >= 0.6 is 0 Å². The summed E-state index contributed by atoms with van der Waals surface area (Å²) < 4.78 is 34.0. The number of morpholine rings is 1. The molecule has 2 amide bonds. The van der Waals surface area contributed by atoms with Gasteiger partial charge in [0.25, 0.3) is 10.0 Å². The quantitative estimate of drug-likeness (QED) is 0.712. The van der Waals surface area contributed by atoms with Gasteiger partial charge in [0.2, 0.25) is 0 Å². The standard InChI is InChI=1S/C18H24N4O4S/c1-20(18(23)21-9-11-26-12-10-21)14-5-4-8-22(13-14)17-15-6-2-3-7-16(15)27(24,25)19-17/h2-3,6-7,14H,4-5,8-13H2,1H3. The van der Waals surface area contributed by atoms with E-state index in [4.69, 9.17) is 4.74 Å². The number of likely N-dealkylation sites (N-methyl/N-ethyl adjacent to an activating group) is 1. The van der Waals surface area contributed by atoms with Crippen LogP contribution in [0, 0.1) is 0 Å². The highest BCUT2D eigenvalue weighted by molar-refractivity contribution is 7.90. The Morgan fingerprint density at radius 2 is 1.96 bits per heavy atom. The largest absolute Gasteiger partial charge is 0.378 e. The molecule has 0 saturated carbocycles. The van der Waals surface area contributed by atoms with Gasteiger partial charge in [-0.1, -0.05) is 12.1 Å². The van der Waals surface area contributed by atoms with E-state index in [9.17, 15) is 13.2 Å². The molecule has 8 nitrogen and oxygen atoms in total. The topological polar surface area (TPSA) is 82.5 Å². The highest BCUT2D eigenvalue weighted by Gasteiger charge is 2.35. The number of likely N-dealkylation sites (tertiary alicyclic amines) is 1. The van der Waals surface area contributed by atoms with Crippen LogP contribution in [0.15, 0.2) is 33.6 Å². The molecule has 9 heteroatoms. The lowest BCUT2D eigenvalue weighted by molar-refractivity contribution is 0.0392. The van der Waals surface area contributed by atoms with Crippen molar-refractivity contribution in [2.24, 2.45) is 4.40 Å². The van der Waals surface area contributed by atoms with Crippen LogP contribution in [0.2, 0.25) is 0 Å². The van der Waals surface area contributed by atoms with Gasteiger partial charge in [-0.15, -0.1) is 4.40 Å². The Balaban J connectivity index is 1.51. The van der Waals surface area contributed by atoms with Crippen molar-refractivity contribution < 1.29 is 17.9 Å². The van der Waals surface area contributed by atoms with Gasteiger partial charge >= 0.3 is 6.03 Å². The van der Waals surface area contributed by atoms with Gasteiger partial charge in [-0.3, -0.25) is 0 Å². The Labute approximate surface area is 159 Å². The lowest BCUT2D eigenvalue weighted by atomic mass is 10.0. The summed E-state index contributed by atoms with van der Waals surface area (Å²) in [7, 11) is -1.81. The molecule has 0 bridgehead atoms. The van der Waals surface area contributed by atoms with Crippen molar-refractivity contribution >= 4 is 21.9 Å². The summed E-state index contributed by atoms with van der Waals surface area (Å²) in [5.41, 5.74) is 0.653. The summed E-state index contributed by atoms with van der Waals surface area (Å²) in [6.45, 7) is 3.67. The SMILES string of the molecule is CN(C(=O)N1CCOCC1)C1CCCN(C2=NS(=O)(=O)c3ccccc32)C1. The van der Waals surface area contributed by atoms with E-state index < -0.39 is 10.0 Å². The zero-order chi connectivity index (χ0) is 19.0. The number of carbonyl (C=O) groups is 1. The van der Waals surface area contributed by atoms with E-state index in [-0.39, 0.29) is 17.0 Å². The minimum absolute atomic E-state index is 0.00605. The zero-order valence-electron chi connectivity index (χ0n) is 15.4. The van der Waals surface area contributed by atoms with Gasteiger partial charge in [-0.2, -0.15) is 8.42 Å². The lowest BCUT2D eigenvalue weighted by Gasteiger charge is -2.40. The average molecular weight is 392 g/mol. The molecule has 2 saturated heterocycles. The highest BCUT2D eigenvalue weighted by Crippen LogP contribution is 2.29. The predicted octanol–water partition coefficient (Wildman–Crippen LogP) is 0.984. The number of hydrogen-bond donors (Lipinski definition) is 0. The van der Waals surface area contributed by atoms with Crippen molar-refractivity contribution in [2.75, 3.05) is 46.4 Å². The van der Waals surface area contributed by atoms with E-state index in [0.717, 1.165) is 19.4 Å². The van der Waals surface area contributed by atoms with E-state index in [2.05, 4.69) is 4.40 Å². The minimum atomic E-state index is -3.63. The number of carbonyl (C=O) groups excluding carboxylic acids is 1. The normalized spacial score (nSPS) is 24.3. The Hall–Kier alpha value is -2.13. The molecule has 3 heterocycles. The van der Waals surface area contributed by atoms with Crippen molar-refractivity contribution in [2.45, 2.75) is 23.8 Å². The van der Waals surface area contributed by atoms with Crippen LogP contribution in [-0.2, 0) is 14.8 Å². The first-order chi connectivity index (χ1) is 13.0. The molecular formula is C18H24N4O4S. The molecule has 0 spiro atoms. The van der Waals surface area contributed by atoms with Crippen LogP contribution in [0.5, 0.6) is 0 Å². The fraction of sp³-hybridized carbons (Fsp3) is 0.556. The number of benzene rings is 1. The summed E-state index contributed by atoms with van der Waals surface area (Å²) >= 11 is 0. The summed E-state index contributed by atoms with van der Waals surface area (Å²) in [6, 6.07) is 6.95. The molecule has 0 radical (unpaired) electrons. The number of amidine groups is 1. The Kier molecular flexibility index (Phi) is 4.81. The second kappa shape index (κ2) is 7.12. The number of urea groups is 1. The number of nitrogens with zero attached hydrogens (tertiary/aromatic N) is 4. The second-order valence-corrected chi connectivity index (χ2v) is 8.69. The van der Waals surface area contributed by atoms with Gasteiger partial charge in [0.05, 0.1) is 19.3 Å². The second-order valence-electron chi connectivity index (χ2n) is 7.12. The van der Waals surface area contributed by atoms with Crippen molar-refractivity contribution in [3.63, 3.8) is 0 Å². The first-order valence-corrected chi connectivity index (χ1v) is 10.7. The Bertz CT molecular complexity index is 864. The van der Waals surface area contributed by atoms with Crippen molar-refractivity contribution in [1.29, 1.82) is 0 Å². The number of ether oxygens (including phenoxy) is 1. The first kappa shape index (κ1) is 18.2. The molecule has 4 rings (SSSR count). The maximum absolute atomic E-state index is 12.8. The first-order valence-electron chi connectivity index (χ1n) is 9.26. The smallest absolute Gasteiger partial charge is 0.320 e. The number of sulfonamides is 1. The number of rotatable bonds is 1. The van der Waals surface area contributed by atoms with Gasteiger partial charge in [-0.05, 0) is 25.0 Å². The van der Waals surface area contributed by atoms with Gasteiger partial charge in [0.15, 0.2) is 5.84 Å². The minimum Gasteiger partial charge on any atom is -0.378 e. The molecule has 0 aliphatic carbocycles. The molecule has 1 unspecified atom stereocenters. The van der Waals surface area contributed by atoms with Crippen LogP contribution in [0.4, 0.5) is 4.79 Å². The molecular weight excluding hydrogens is 368 g/mol. The highest BCUT2D eigenvalue weighted by atomic mass is 32.2. The fourth-order valence-corrected chi connectivity index (χ4v) is 5.14. The molecule has 1 atom stereocenters. The van der Waals surface area contributed by atoms with Crippen molar-refractivity contribution in [1.82, 2.24) is 14.7 Å². The number of hydrogen-bond acceptors (Lipinski definition) is 5. The average Bonchev–Trinajstić information content (AvgIpc) is 2.99. The summed E-state index contributed by atoms with van der Waals surface area (Å²) in [4.78, 5) is 18.6. The van der Waals surface area contributed by atoms with Crippen molar-refractivity contribution in [3.8, 4) is 0 Å². The van der Waals surface area contributed by atoms with Crippen molar-refractivity contribution in [3.05, 3.63) is 29.8 Å². The van der Waals surface area contributed by atoms with Gasteiger partial charge in [-0.25, -0.2) is 4.79 Å². The van der Waals surface area contributed by atoms with E-state index >= 15 is 0 Å². The number of amides is 2. The third-order valence-corrected chi connectivity index (χ3v) is 6.76. The Morgan fingerprint density at radius 3 is 2.74 bits per heavy atom. The molecule has 3 aliphatic rings. The summed E-state index contributed by atoms with van der Waals surface area (Å²) in [5.74, 6) is 0.502. The zero-order valence-corrected chi connectivity index (χ0v) is 16.2. The van der Waals surface area contributed by atoms with E-state index in [1.807, 2.05) is 22.9 Å². The van der Waals surface area contributed by atoms with Crippen LogP contribution < -0.4 is 0 Å². The Morgan fingerprint density at radius 1 is 1.22 bits per heavy atom. The van der Waals surface area contributed by atoms with Crippen LogP contribution in [-0.4, -0.2) is 87.5 Å². The molecule has 27 heavy (non-hydrogen) atoms. The monoisotopic (exact) mass is 392 g/mol. The van der Waals surface area contributed by atoms with Crippen LogP contribution in [0.25, 0.3) is 0 Å². The van der Waals surface area contributed by atoms with Gasteiger partial charge in [0.1, 0.15) is 4.90 Å². The lowest BCUT2D eigenvalue weighted by Crippen LogP contribution is -2.55. The summed E-state index contributed by atoms with van der Waals surface area (Å²) in [6.07, 6.45) is 1.78. The maximum atomic E-state index is 12.8. The molecule has 2 fully saturated rings. The van der Waals surface area contributed by atoms with Gasteiger partial charge in [0, 0.05) is 38.8 Å². The van der Waals surface area contributed by atoms with E-state index in [0.29, 0.717) is 44.2 Å². The number of fused-ring (bicyclic) bond motifs is 1. The molecule has 3 aliphatic heterocycles. The third kappa shape index (κ3) is 3.41. The molecule has 1 aromatic carbocycles. The predicted molar refractivity (Wildman–Crippen MR) is 100 cm³/mol. The molecule has 0 N–H and O–H groups in total. The van der Waals surface area contributed by atoms with E-state index in [1.165, 1.54) is 0 Å². The van der Waals surface area contributed by atoms with E-state index in [1.54, 1.807) is 23.1 Å². The molecule has 146 valence electrons.